The normalized spacial score (nSPS) is 9.88. The summed E-state index contributed by atoms with van der Waals surface area (Å²) in [5.41, 5.74) is 0.924. The molecule has 0 radical (unpaired) electrons. The molecule has 2 nitrogen and oxygen atoms in total. The summed E-state index contributed by atoms with van der Waals surface area (Å²) in [6.07, 6.45) is 1.72. The van der Waals surface area contributed by atoms with Crippen molar-refractivity contribution in [3.05, 3.63) is 12.3 Å². The van der Waals surface area contributed by atoms with Crippen LogP contribution in [-0.4, -0.2) is 32.3 Å². The van der Waals surface area contributed by atoms with Crippen LogP contribution in [0, 0.1) is 0 Å². The Morgan fingerprint density at radius 1 is 1.62 bits per heavy atom. The molecule has 0 rings (SSSR count). The zero-order chi connectivity index (χ0) is 6.57. The summed E-state index contributed by atoms with van der Waals surface area (Å²) in [6.45, 7) is 3.72. The molecule has 0 bridgehead atoms. The second-order valence-electron chi connectivity index (χ2n) is 1.77. The van der Waals surface area contributed by atoms with Crippen LogP contribution in [0.2, 0.25) is 0 Å². The summed E-state index contributed by atoms with van der Waals surface area (Å²) < 4.78 is 0. The zero-order valence-electron chi connectivity index (χ0n) is 5.68. The fourth-order valence-corrected chi connectivity index (χ4v) is 0.264. The standard InChI is InChI=1S/C6H12N2/c1-6(5-7-2)8(3)4/h5H,1H2,2-4H3/b7-5-. The van der Waals surface area contributed by atoms with Gasteiger partial charge in [0.25, 0.3) is 0 Å². The minimum absolute atomic E-state index is 0.924. The lowest BCUT2D eigenvalue weighted by Crippen LogP contribution is -2.10. The number of aliphatic imine (C=N–C) groups is 1. The predicted octanol–water partition coefficient (Wildman–Crippen LogP) is 0.762. The molecule has 0 heterocycles. The van der Waals surface area contributed by atoms with Crippen LogP contribution in [0.25, 0.3) is 0 Å². The van der Waals surface area contributed by atoms with Crippen molar-refractivity contribution in [2.75, 3.05) is 21.1 Å². The Morgan fingerprint density at radius 2 is 2.12 bits per heavy atom. The van der Waals surface area contributed by atoms with Crippen molar-refractivity contribution in [2.45, 2.75) is 0 Å². The molecule has 0 aliphatic carbocycles. The summed E-state index contributed by atoms with van der Waals surface area (Å²) >= 11 is 0. The smallest absolute Gasteiger partial charge is 0.0469 e. The van der Waals surface area contributed by atoms with Gasteiger partial charge in [0.2, 0.25) is 0 Å². The fourth-order valence-electron chi connectivity index (χ4n) is 0.264. The first kappa shape index (κ1) is 7.21. The van der Waals surface area contributed by atoms with E-state index in [-0.39, 0.29) is 0 Å². The van der Waals surface area contributed by atoms with Gasteiger partial charge in [0.15, 0.2) is 0 Å². The molecule has 0 saturated carbocycles. The van der Waals surface area contributed by atoms with E-state index in [4.69, 9.17) is 0 Å². The van der Waals surface area contributed by atoms with Crippen LogP contribution in [0.15, 0.2) is 17.3 Å². The molecule has 0 fully saturated rings. The van der Waals surface area contributed by atoms with E-state index in [0.29, 0.717) is 0 Å². The van der Waals surface area contributed by atoms with Gasteiger partial charge in [0.1, 0.15) is 0 Å². The van der Waals surface area contributed by atoms with E-state index in [9.17, 15) is 0 Å². The lowest BCUT2D eigenvalue weighted by Gasteiger charge is -2.09. The van der Waals surface area contributed by atoms with Gasteiger partial charge in [-0.05, 0) is 0 Å². The molecule has 0 aliphatic heterocycles. The Morgan fingerprint density at radius 3 is 2.25 bits per heavy atom. The maximum Gasteiger partial charge on any atom is 0.0469 e. The molecule has 0 aliphatic rings. The molecule has 8 heavy (non-hydrogen) atoms. The van der Waals surface area contributed by atoms with Crippen LogP contribution >= 0.6 is 0 Å². The van der Waals surface area contributed by atoms with Crippen molar-refractivity contribution in [1.82, 2.24) is 4.90 Å². The molecule has 0 aromatic carbocycles. The van der Waals surface area contributed by atoms with Crippen LogP contribution in [0.3, 0.4) is 0 Å². The molecule has 0 amide bonds. The molecular formula is C6H12N2. The van der Waals surface area contributed by atoms with Crippen molar-refractivity contribution < 1.29 is 0 Å². The van der Waals surface area contributed by atoms with Gasteiger partial charge in [-0.15, -0.1) is 0 Å². The molecule has 0 N–H and O–H groups in total. The highest BCUT2D eigenvalue weighted by Gasteiger charge is 1.85. The van der Waals surface area contributed by atoms with Gasteiger partial charge in [0, 0.05) is 33.1 Å². The number of hydrogen-bond acceptors (Lipinski definition) is 2. The van der Waals surface area contributed by atoms with E-state index in [2.05, 4.69) is 11.6 Å². The van der Waals surface area contributed by atoms with Crippen LogP contribution in [-0.2, 0) is 0 Å². The molecule has 0 aromatic rings. The molecule has 0 spiro atoms. The predicted molar refractivity (Wildman–Crippen MR) is 37.2 cm³/mol. The average molecular weight is 112 g/mol. The summed E-state index contributed by atoms with van der Waals surface area (Å²) in [4.78, 5) is 5.70. The number of rotatable bonds is 2. The first-order valence-electron chi connectivity index (χ1n) is 2.47. The lowest BCUT2D eigenvalue weighted by molar-refractivity contribution is 0.544. The van der Waals surface area contributed by atoms with E-state index < -0.39 is 0 Å². The quantitative estimate of drug-likeness (QED) is 0.481. The maximum atomic E-state index is 3.79. The van der Waals surface area contributed by atoms with Gasteiger partial charge in [-0.1, -0.05) is 6.58 Å². The van der Waals surface area contributed by atoms with Gasteiger partial charge >= 0.3 is 0 Å². The highest BCUT2D eigenvalue weighted by Crippen LogP contribution is 1.86. The van der Waals surface area contributed by atoms with Crippen LogP contribution < -0.4 is 0 Å². The summed E-state index contributed by atoms with van der Waals surface area (Å²) in [5, 5.41) is 0. The Labute approximate surface area is 50.5 Å². The van der Waals surface area contributed by atoms with Crippen LogP contribution in [0.4, 0.5) is 0 Å². The van der Waals surface area contributed by atoms with E-state index in [1.807, 2.05) is 19.0 Å². The van der Waals surface area contributed by atoms with Crippen molar-refractivity contribution in [3.8, 4) is 0 Å². The van der Waals surface area contributed by atoms with Gasteiger partial charge in [-0.25, -0.2) is 0 Å². The first-order chi connectivity index (χ1) is 3.68. The second-order valence-corrected chi connectivity index (χ2v) is 1.77. The number of nitrogens with zero attached hydrogens (tertiary/aromatic N) is 2. The third-order valence-electron chi connectivity index (χ3n) is 0.853. The van der Waals surface area contributed by atoms with Gasteiger partial charge in [-0.3, -0.25) is 4.99 Å². The zero-order valence-corrected chi connectivity index (χ0v) is 5.68. The summed E-state index contributed by atoms with van der Waals surface area (Å²) in [6, 6.07) is 0. The van der Waals surface area contributed by atoms with E-state index in [1.165, 1.54) is 0 Å². The van der Waals surface area contributed by atoms with Crippen LogP contribution in [0.1, 0.15) is 0 Å². The third-order valence-corrected chi connectivity index (χ3v) is 0.853. The fraction of sp³-hybridized carbons (Fsp3) is 0.500. The Kier molecular flexibility index (Phi) is 2.92. The highest BCUT2D eigenvalue weighted by atomic mass is 15.1. The Hall–Kier alpha value is -0.790. The van der Waals surface area contributed by atoms with Gasteiger partial charge in [0.05, 0.1) is 0 Å². The van der Waals surface area contributed by atoms with Gasteiger partial charge in [-0.2, -0.15) is 0 Å². The summed E-state index contributed by atoms with van der Waals surface area (Å²) in [7, 11) is 5.60. The third kappa shape index (κ3) is 2.39. The van der Waals surface area contributed by atoms with Crippen molar-refractivity contribution in [1.29, 1.82) is 0 Å². The van der Waals surface area contributed by atoms with Crippen molar-refractivity contribution >= 4 is 6.21 Å². The molecule has 0 saturated heterocycles. The van der Waals surface area contributed by atoms with Crippen molar-refractivity contribution in [2.24, 2.45) is 4.99 Å². The molecule has 46 valence electrons. The van der Waals surface area contributed by atoms with E-state index in [1.54, 1.807) is 13.3 Å². The number of hydrogen-bond donors (Lipinski definition) is 0. The van der Waals surface area contributed by atoms with E-state index >= 15 is 0 Å². The monoisotopic (exact) mass is 112 g/mol. The average Bonchev–Trinajstić information content (AvgIpc) is 1.67. The number of allylic oxidation sites excluding steroid dienone is 1. The largest absolute Gasteiger partial charge is 0.377 e. The van der Waals surface area contributed by atoms with Crippen molar-refractivity contribution in [3.63, 3.8) is 0 Å². The molecule has 0 aromatic heterocycles. The lowest BCUT2D eigenvalue weighted by atomic mass is 10.5. The minimum atomic E-state index is 0.924. The SMILES string of the molecule is C=C(/C=N\C)N(C)C. The summed E-state index contributed by atoms with van der Waals surface area (Å²) in [5.74, 6) is 0. The topological polar surface area (TPSA) is 15.6 Å². The minimum Gasteiger partial charge on any atom is -0.377 e. The van der Waals surface area contributed by atoms with Crippen LogP contribution in [0.5, 0.6) is 0 Å². The molecular weight excluding hydrogens is 100 g/mol. The Bertz CT molecular complexity index is 103. The first-order valence-corrected chi connectivity index (χ1v) is 2.47. The van der Waals surface area contributed by atoms with E-state index in [0.717, 1.165) is 5.70 Å². The Balaban J connectivity index is 3.66. The molecule has 0 unspecified atom stereocenters. The second kappa shape index (κ2) is 3.24. The molecule has 2 heteroatoms. The maximum absolute atomic E-state index is 3.79. The molecule has 0 atom stereocenters. The highest BCUT2D eigenvalue weighted by molar-refractivity contribution is 5.76. The van der Waals surface area contributed by atoms with Gasteiger partial charge < -0.3 is 4.90 Å².